The second kappa shape index (κ2) is 6.30. The van der Waals surface area contributed by atoms with Crippen LogP contribution in [0.25, 0.3) is 6.08 Å². The van der Waals surface area contributed by atoms with Crippen LogP contribution in [-0.2, 0) is 0 Å². The van der Waals surface area contributed by atoms with Crippen LogP contribution in [0.3, 0.4) is 0 Å². The molecule has 0 aliphatic rings. The number of halogens is 1. The van der Waals surface area contributed by atoms with Gasteiger partial charge in [-0.15, -0.1) is 0 Å². The lowest BCUT2D eigenvalue weighted by molar-refractivity contribution is -0.255. The van der Waals surface area contributed by atoms with Crippen molar-refractivity contribution in [2.24, 2.45) is 0 Å². The maximum Gasteiger partial charge on any atom is 0.185 e. The topological polar surface area (TPSA) is 57.2 Å². The highest BCUT2D eigenvalue weighted by molar-refractivity contribution is 9.10. The number of ketones is 1. The zero-order chi connectivity index (χ0) is 14.5. The number of carbonyl (C=O) groups excluding carboxylic acids is 2. The van der Waals surface area contributed by atoms with Crippen molar-refractivity contribution < 1.29 is 14.7 Å². The van der Waals surface area contributed by atoms with Crippen molar-refractivity contribution in [3.8, 4) is 0 Å². The van der Waals surface area contributed by atoms with E-state index in [2.05, 4.69) is 15.9 Å². The fourth-order valence-corrected chi connectivity index (χ4v) is 1.88. The van der Waals surface area contributed by atoms with Gasteiger partial charge in [-0.25, -0.2) is 0 Å². The minimum Gasteiger partial charge on any atom is -0.545 e. The van der Waals surface area contributed by atoms with Crippen LogP contribution >= 0.6 is 15.9 Å². The Morgan fingerprint density at radius 3 is 2.00 bits per heavy atom. The van der Waals surface area contributed by atoms with Gasteiger partial charge in [-0.3, -0.25) is 4.79 Å². The van der Waals surface area contributed by atoms with Crippen LogP contribution in [0.15, 0.2) is 59.1 Å². The summed E-state index contributed by atoms with van der Waals surface area (Å²) in [7, 11) is 0. The minimum absolute atomic E-state index is 0.110. The molecule has 0 atom stereocenters. The molecule has 0 saturated carbocycles. The molecule has 0 aliphatic heterocycles. The molecule has 0 aliphatic carbocycles. The van der Waals surface area contributed by atoms with Crippen molar-refractivity contribution >= 4 is 33.8 Å². The largest absolute Gasteiger partial charge is 0.545 e. The number of carbonyl (C=O) groups is 2. The van der Waals surface area contributed by atoms with Gasteiger partial charge in [0.05, 0.1) is 5.97 Å². The lowest BCUT2D eigenvalue weighted by atomic mass is 10.1. The zero-order valence-electron chi connectivity index (χ0n) is 10.4. The van der Waals surface area contributed by atoms with E-state index in [1.54, 1.807) is 42.5 Å². The smallest absolute Gasteiger partial charge is 0.185 e. The number of aromatic carboxylic acids is 1. The summed E-state index contributed by atoms with van der Waals surface area (Å²) in [5, 5.41) is 10.6. The minimum atomic E-state index is -1.22. The van der Waals surface area contributed by atoms with Crippen molar-refractivity contribution in [2.45, 2.75) is 0 Å². The first-order valence-corrected chi connectivity index (χ1v) is 6.65. The summed E-state index contributed by atoms with van der Waals surface area (Å²) >= 11 is 3.31. The monoisotopic (exact) mass is 329 g/mol. The van der Waals surface area contributed by atoms with Crippen LogP contribution in [0.2, 0.25) is 0 Å². The Hall–Kier alpha value is -2.20. The van der Waals surface area contributed by atoms with Gasteiger partial charge in [0, 0.05) is 10.0 Å². The van der Waals surface area contributed by atoms with E-state index in [-0.39, 0.29) is 11.3 Å². The normalized spacial score (nSPS) is 10.7. The first-order chi connectivity index (χ1) is 9.56. The van der Waals surface area contributed by atoms with E-state index >= 15 is 0 Å². The molecule has 0 amide bonds. The molecule has 100 valence electrons. The number of carboxylic acid groups (broad SMARTS) is 1. The third kappa shape index (κ3) is 3.65. The van der Waals surface area contributed by atoms with Gasteiger partial charge in [0.2, 0.25) is 0 Å². The van der Waals surface area contributed by atoms with Crippen molar-refractivity contribution in [3.63, 3.8) is 0 Å². The Labute approximate surface area is 124 Å². The van der Waals surface area contributed by atoms with E-state index in [0.717, 1.165) is 10.0 Å². The van der Waals surface area contributed by atoms with Gasteiger partial charge in [-0.1, -0.05) is 46.3 Å². The van der Waals surface area contributed by atoms with E-state index in [1.165, 1.54) is 18.2 Å². The Bertz CT molecular complexity index is 655. The Kier molecular flexibility index (Phi) is 4.48. The first kappa shape index (κ1) is 14.2. The standard InChI is InChI=1S/C16H11BrO3/c17-14-8-6-12(7-9-14)15(18)10-3-11-1-4-13(5-2-11)16(19)20/h1-10H,(H,19,20)/p-1/b10-3+. The highest BCUT2D eigenvalue weighted by Crippen LogP contribution is 2.12. The van der Waals surface area contributed by atoms with Crippen LogP contribution in [0.5, 0.6) is 0 Å². The number of hydrogen-bond acceptors (Lipinski definition) is 3. The molecule has 0 radical (unpaired) electrons. The predicted molar refractivity (Wildman–Crippen MR) is 78.3 cm³/mol. The van der Waals surface area contributed by atoms with Crippen LogP contribution in [0.4, 0.5) is 0 Å². The summed E-state index contributed by atoms with van der Waals surface area (Å²) < 4.78 is 0.913. The van der Waals surface area contributed by atoms with E-state index < -0.39 is 5.97 Å². The van der Waals surface area contributed by atoms with Gasteiger partial charge < -0.3 is 9.90 Å². The summed E-state index contributed by atoms with van der Waals surface area (Å²) in [4.78, 5) is 22.5. The Morgan fingerprint density at radius 2 is 1.45 bits per heavy atom. The van der Waals surface area contributed by atoms with Gasteiger partial charge in [-0.05, 0) is 41.5 Å². The first-order valence-electron chi connectivity index (χ1n) is 5.85. The van der Waals surface area contributed by atoms with Crippen LogP contribution in [0.1, 0.15) is 26.3 Å². The molecule has 20 heavy (non-hydrogen) atoms. The molecule has 0 unspecified atom stereocenters. The van der Waals surface area contributed by atoms with Crippen molar-refractivity contribution in [1.82, 2.24) is 0 Å². The fourth-order valence-electron chi connectivity index (χ4n) is 1.61. The van der Waals surface area contributed by atoms with Gasteiger partial charge >= 0.3 is 0 Å². The zero-order valence-corrected chi connectivity index (χ0v) is 12.0. The SMILES string of the molecule is O=C([O-])c1ccc(/C=C/C(=O)c2ccc(Br)cc2)cc1. The molecule has 0 heterocycles. The fraction of sp³-hybridized carbons (Fsp3) is 0. The van der Waals surface area contributed by atoms with Crippen molar-refractivity contribution in [3.05, 3.63) is 75.8 Å². The molecule has 2 aromatic carbocycles. The number of allylic oxidation sites excluding steroid dienone is 1. The molecule has 0 N–H and O–H groups in total. The Morgan fingerprint density at radius 1 is 0.900 bits per heavy atom. The summed E-state index contributed by atoms with van der Waals surface area (Å²) in [6, 6.07) is 13.2. The lowest BCUT2D eigenvalue weighted by Crippen LogP contribution is -2.21. The molecular formula is C16H10BrO3-. The molecular weight excluding hydrogens is 320 g/mol. The molecule has 0 fully saturated rings. The maximum atomic E-state index is 11.9. The summed E-state index contributed by atoms with van der Waals surface area (Å²) in [5.41, 5.74) is 1.46. The number of benzene rings is 2. The number of carboxylic acids is 1. The number of rotatable bonds is 4. The van der Waals surface area contributed by atoms with Crippen molar-refractivity contribution in [1.29, 1.82) is 0 Å². The molecule has 0 saturated heterocycles. The highest BCUT2D eigenvalue weighted by Gasteiger charge is 2.01. The predicted octanol–water partition coefficient (Wildman–Crippen LogP) is 2.71. The molecule has 0 aromatic heterocycles. The lowest BCUT2D eigenvalue weighted by Gasteiger charge is -2.01. The van der Waals surface area contributed by atoms with Gasteiger partial charge in [-0.2, -0.15) is 0 Å². The van der Waals surface area contributed by atoms with Crippen LogP contribution in [0, 0.1) is 0 Å². The molecule has 2 rings (SSSR count). The molecule has 4 heteroatoms. The van der Waals surface area contributed by atoms with Gasteiger partial charge in [0.1, 0.15) is 0 Å². The summed E-state index contributed by atoms with van der Waals surface area (Å²) in [6.45, 7) is 0. The third-order valence-corrected chi connectivity index (χ3v) is 3.23. The van der Waals surface area contributed by atoms with Crippen LogP contribution in [-0.4, -0.2) is 11.8 Å². The molecule has 0 spiro atoms. The van der Waals surface area contributed by atoms with E-state index in [9.17, 15) is 14.7 Å². The second-order valence-electron chi connectivity index (χ2n) is 4.11. The Balaban J connectivity index is 2.10. The van der Waals surface area contributed by atoms with Crippen LogP contribution < -0.4 is 5.11 Å². The van der Waals surface area contributed by atoms with E-state index in [4.69, 9.17) is 0 Å². The quantitative estimate of drug-likeness (QED) is 0.640. The molecule has 2 aromatic rings. The van der Waals surface area contributed by atoms with Gasteiger partial charge in [0.15, 0.2) is 5.78 Å². The van der Waals surface area contributed by atoms with E-state index in [1.807, 2.05) is 0 Å². The molecule has 3 nitrogen and oxygen atoms in total. The second-order valence-corrected chi connectivity index (χ2v) is 5.03. The summed E-state index contributed by atoms with van der Waals surface area (Å²) in [5.74, 6) is -1.33. The number of hydrogen-bond donors (Lipinski definition) is 0. The highest BCUT2D eigenvalue weighted by atomic mass is 79.9. The van der Waals surface area contributed by atoms with E-state index in [0.29, 0.717) is 5.56 Å². The average molecular weight is 330 g/mol. The maximum absolute atomic E-state index is 11.9. The average Bonchev–Trinajstić information content (AvgIpc) is 2.46. The summed E-state index contributed by atoms with van der Waals surface area (Å²) in [6.07, 6.45) is 3.10. The molecule has 0 bridgehead atoms. The third-order valence-electron chi connectivity index (χ3n) is 2.70. The van der Waals surface area contributed by atoms with Crippen molar-refractivity contribution in [2.75, 3.05) is 0 Å². The van der Waals surface area contributed by atoms with Gasteiger partial charge in [0.25, 0.3) is 0 Å².